The number of hydrogen-bond donors (Lipinski definition) is 0. The fourth-order valence-corrected chi connectivity index (χ4v) is 7.78. The fourth-order valence-electron chi connectivity index (χ4n) is 5.24. The first-order chi connectivity index (χ1) is 17.4. The van der Waals surface area contributed by atoms with E-state index >= 15 is 0 Å². The van der Waals surface area contributed by atoms with Crippen LogP contribution in [0.1, 0.15) is 29.0 Å². The molecule has 36 heavy (non-hydrogen) atoms. The highest BCUT2D eigenvalue weighted by atomic mass is 32.2. The Morgan fingerprint density at radius 1 is 1.03 bits per heavy atom. The summed E-state index contributed by atoms with van der Waals surface area (Å²) in [6.07, 6.45) is 0.923. The Balaban J connectivity index is 1.30. The van der Waals surface area contributed by atoms with Crippen LogP contribution in [0, 0.1) is 0 Å². The molecular weight excluding hydrogens is 494 g/mol. The van der Waals surface area contributed by atoms with Gasteiger partial charge >= 0.3 is 0 Å². The van der Waals surface area contributed by atoms with Crippen LogP contribution in [0.4, 0.5) is 0 Å². The molecule has 3 heterocycles. The fraction of sp³-hybridized carbons (Fsp3) is 0.370. The Kier molecular flexibility index (Phi) is 7.16. The molecule has 1 amide bonds. The number of rotatable bonds is 6. The molecule has 0 radical (unpaired) electrons. The topological polar surface area (TPSA) is 70.2 Å². The van der Waals surface area contributed by atoms with Crippen molar-refractivity contribution in [2.45, 2.75) is 30.3 Å². The minimum atomic E-state index is -3.59. The third kappa shape index (κ3) is 4.80. The summed E-state index contributed by atoms with van der Waals surface area (Å²) in [5.74, 6) is 0.843. The molecule has 5 rings (SSSR count). The van der Waals surface area contributed by atoms with Gasteiger partial charge < -0.3 is 9.64 Å². The third-order valence-electron chi connectivity index (χ3n) is 7.10. The lowest BCUT2D eigenvalue weighted by Crippen LogP contribution is -2.57. The van der Waals surface area contributed by atoms with Crippen molar-refractivity contribution in [2.24, 2.45) is 0 Å². The van der Waals surface area contributed by atoms with Crippen LogP contribution in [-0.2, 0) is 21.2 Å². The summed E-state index contributed by atoms with van der Waals surface area (Å²) in [4.78, 5) is 19.2. The van der Waals surface area contributed by atoms with Crippen LogP contribution in [0.15, 0.2) is 70.9 Å². The van der Waals surface area contributed by atoms with Gasteiger partial charge in [0.1, 0.15) is 5.75 Å². The Morgan fingerprint density at radius 3 is 2.47 bits per heavy atom. The number of amides is 1. The van der Waals surface area contributed by atoms with Crippen LogP contribution >= 0.6 is 11.3 Å². The standard InChI is InChI=1S/C27H31N3O4S2/c1-20-18-28(15-16-30(20)36(32,33)23-6-4-3-5-7-23)26(31)19-29-14-12-25-24(13-17-35-25)27(29)21-8-10-22(34-2)11-9-21/h3-11,13,17,20,27H,12,14-16,18-19H2,1-2H3/t20-,27-/m0/s1. The molecule has 1 saturated heterocycles. The maximum Gasteiger partial charge on any atom is 0.243 e. The van der Waals surface area contributed by atoms with Gasteiger partial charge in [0, 0.05) is 37.1 Å². The molecule has 0 aliphatic carbocycles. The molecule has 9 heteroatoms. The van der Waals surface area contributed by atoms with E-state index in [0.717, 1.165) is 24.3 Å². The van der Waals surface area contributed by atoms with Gasteiger partial charge in [0.05, 0.1) is 24.6 Å². The summed E-state index contributed by atoms with van der Waals surface area (Å²) < 4.78 is 33.1. The molecular formula is C27H31N3O4S2. The zero-order valence-electron chi connectivity index (χ0n) is 20.5. The Labute approximate surface area is 217 Å². The van der Waals surface area contributed by atoms with Crippen LogP contribution in [0.5, 0.6) is 5.75 Å². The van der Waals surface area contributed by atoms with Gasteiger partial charge in [-0.3, -0.25) is 9.69 Å². The second-order valence-corrected chi connectivity index (χ2v) is 12.2. The highest BCUT2D eigenvalue weighted by Crippen LogP contribution is 2.38. The SMILES string of the molecule is COc1ccc([C@H]2c3ccsc3CCN2CC(=O)N2CCN(S(=O)(=O)c3ccccc3)[C@@H](C)C2)cc1. The van der Waals surface area contributed by atoms with Crippen LogP contribution in [0.25, 0.3) is 0 Å². The summed E-state index contributed by atoms with van der Waals surface area (Å²) in [7, 11) is -1.93. The molecule has 1 fully saturated rings. The molecule has 0 saturated carbocycles. The average Bonchev–Trinajstić information content (AvgIpc) is 3.38. The van der Waals surface area contributed by atoms with E-state index < -0.39 is 10.0 Å². The molecule has 0 N–H and O–H groups in total. The highest BCUT2D eigenvalue weighted by Gasteiger charge is 2.37. The minimum Gasteiger partial charge on any atom is -0.497 e. The van der Waals surface area contributed by atoms with Crippen molar-refractivity contribution in [3.05, 3.63) is 82.0 Å². The monoisotopic (exact) mass is 525 g/mol. The predicted molar refractivity (Wildman–Crippen MR) is 141 cm³/mol. The Bertz CT molecular complexity index is 1310. The summed E-state index contributed by atoms with van der Waals surface area (Å²) in [6, 6.07) is 18.4. The molecule has 2 atom stereocenters. The Hall–Kier alpha value is -2.72. The number of benzene rings is 2. The summed E-state index contributed by atoms with van der Waals surface area (Å²) in [5, 5.41) is 2.13. The number of fused-ring (bicyclic) bond motifs is 1. The minimum absolute atomic E-state index is 0.00651. The second kappa shape index (κ2) is 10.3. The molecule has 0 bridgehead atoms. The van der Waals surface area contributed by atoms with Gasteiger partial charge in [0.25, 0.3) is 0 Å². The van der Waals surface area contributed by atoms with Crippen molar-refractivity contribution in [2.75, 3.05) is 39.8 Å². The maximum atomic E-state index is 13.5. The number of methoxy groups -OCH3 is 1. The number of carbonyl (C=O) groups is 1. The number of carbonyl (C=O) groups excluding carboxylic acids is 1. The lowest BCUT2D eigenvalue weighted by atomic mass is 9.93. The Morgan fingerprint density at radius 2 is 1.78 bits per heavy atom. The van der Waals surface area contributed by atoms with Gasteiger partial charge in [0.15, 0.2) is 0 Å². The van der Waals surface area contributed by atoms with E-state index in [9.17, 15) is 13.2 Å². The van der Waals surface area contributed by atoms with Gasteiger partial charge in [-0.25, -0.2) is 8.42 Å². The molecule has 2 aliphatic rings. The van der Waals surface area contributed by atoms with Crippen molar-refractivity contribution in [1.29, 1.82) is 0 Å². The van der Waals surface area contributed by atoms with E-state index in [-0.39, 0.29) is 18.0 Å². The van der Waals surface area contributed by atoms with E-state index in [1.807, 2.05) is 24.0 Å². The second-order valence-electron chi connectivity index (χ2n) is 9.31. The lowest BCUT2D eigenvalue weighted by Gasteiger charge is -2.41. The number of ether oxygens (including phenoxy) is 1. The quantitative estimate of drug-likeness (QED) is 0.492. The summed E-state index contributed by atoms with van der Waals surface area (Å²) in [6.45, 7) is 4.03. The summed E-state index contributed by atoms with van der Waals surface area (Å²) in [5.41, 5.74) is 2.39. The number of thiophene rings is 1. The van der Waals surface area contributed by atoms with Gasteiger partial charge in [-0.15, -0.1) is 11.3 Å². The van der Waals surface area contributed by atoms with Crippen molar-refractivity contribution in [3.63, 3.8) is 0 Å². The largest absolute Gasteiger partial charge is 0.497 e. The van der Waals surface area contributed by atoms with Crippen LogP contribution in [0.3, 0.4) is 0 Å². The van der Waals surface area contributed by atoms with E-state index in [2.05, 4.69) is 28.5 Å². The van der Waals surface area contributed by atoms with Crippen molar-refractivity contribution >= 4 is 27.3 Å². The normalized spacial score (nSPS) is 21.2. The third-order valence-corrected chi connectivity index (χ3v) is 10.1. The molecule has 190 valence electrons. The molecule has 7 nitrogen and oxygen atoms in total. The van der Waals surface area contributed by atoms with Crippen LogP contribution in [-0.4, -0.2) is 74.3 Å². The van der Waals surface area contributed by atoms with Crippen LogP contribution < -0.4 is 4.74 Å². The highest BCUT2D eigenvalue weighted by molar-refractivity contribution is 7.89. The first-order valence-electron chi connectivity index (χ1n) is 12.2. The van der Waals surface area contributed by atoms with Crippen molar-refractivity contribution in [3.8, 4) is 5.75 Å². The number of nitrogens with zero attached hydrogens (tertiary/aromatic N) is 3. The van der Waals surface area contributed by atoms with Gasteiger partial charge in [-0.2, -0.15) is 4.31 Å². The van der Waals surface area contributed by atoms with Gasteiger partial charge in [-0.1, -0.05) is 30.3 Å². The zero-order valence-corrected chi connectivity index (χ0v) is 22.2. The molecule has 2 aliphatic heterocycles. The van der Waals surface area contributed by atoms with E-state index in [1.54, 1.807) is 48.8 Å². The number of piperazine rings is 1. The van der Waals surface area contributed by atoms with Gasteiger partial charge in [-0.05, 0) is 60.2 Å². The van der Waals surface area contributed by atoms with Crippen molar-refractivity contribution in [1.82, 2.24) is 14.1 Å². The van der Waals surface area contributed by atoms with Crippen LogP contribution in [0.2, 0.25) is 0 Å². The molecule has 1 aromatic heterocycles. The first kappa shape index (κ1) is 25.0. The lowest BCUT2D eigenvalue weighted by molar-refractivity contribution is -0.135. The first-order valence-corrected chi connectivity index (χ1v) is 14.5. The molecule has 0 spiro atoms. The number of sulfonamides is 1. The predicted octanol–water partition coefficient (Wildman–Crippen LogP) is 3.63. The molecule has 3 aromatic rings. The molecule has 0 unspecified atom stereocenters. The van der Waals surface area contributed by atoms with E-state index in [1.165, 1.54) is 14.7 Å². The summed E-state index contributed by atoms with van der Waals surface area (Å²) >= 11 is 1.77. The number of hydrogen-bond acceptors (Lipinski definition) is 6. The van der Waals surface area contributed by atoms with Gasteiger partial charge in [0.2, 0.25) is 15.9 Å². The van der Waals surface area contributed by atoms with E-state index in [4.69, 9.17) is 4.74 Å². The smallest absolute Gasteiger partial charge is 0.243 e. The molecule has 2 aromatic carbocycles. The maximum absolute atomic E-state index is 13.5. The zero-order chi connectivity index (χ0) is 25.3. The average molecular weight is 526 g/mol. The van der Waals surface area contributed by atoms with Crippen molar-refractivity contribution < 1.29 is 17.9 Å². The van der Waals surface area contributed by atoms with E-state index in [0.29, 0.717) is 31.1 Å².